The van der Waals surface area contributed by atoms with Gasteiger partial charge in [-0.2, -0.15) is 0 Å². The highest BCUT2D eigenvalue weighted by molar-refractivity contribution is 5.81. The first-order chi connectivity index (χ1) is 8.17. The van der Waals surface area contributed by atoms with Crippen molar-refractivity contribution < 1.29 is 19.8 Å². The maximum atomic E-state index is 11.3. The fraction of sp³-hybridized carbons (Fsp3) is 0.571. The van der Waals surface area contributed by atoms with Crippen molar-refractivity contribution in [1.29, 1.82) is 0 Å². The van der Waals surface area contributed by atoms with Crippen molar-refractivity contribution in [2.45, 2.75) is 33.1 Å². The number of hydrogen-bond donors (Lipinski definition) is 2. The summed E-state index contributed by atoms with van der Waals surface area (Å²) in [7, 11) is 0. The van der Waals surface area contributed by atoms with Crippen LogP contribution in [0.5, 0.6) is 0 Å². The summed E-state index contributed by atoms with van der Waals surface area (Å²) in [6.45, 7) is 11.4. The van der Waals surface area contributed by atoms with E-state index in [1.54, 1.807) is 0 Å². The molecule has 0 aliphatic heterocycles. The molecule has 1 rings (SSSR count). The molecule has 4 heteroatoms. The van der Waals surface area contributed by atoms with Gasteiger partial charge in [0.25, 0.3) is 0 Å². The standard InChI is InChI=1S/C14H20O4/c1-8-5-9(2)11(10(8)3)6-14(4,13(17)18)7-12(15)16/h10-11H,1-2,5-7H2,3-4H3,(H,15,16)(H,17,18). The second-order valence-electron chi connectivity index (χ2n) is 5.53. The topological polar surface area (TPSA) is 74.6 Å². The summed E-state index contributed by atoms with van der Waals surface area (Å²) in [4.78, 5) is 22.1. The smallest absolute Gasteiger partial charge is 0.309 e. The number of rotatable bonds is 5. The molecule has 1 saturated carbocycles. The molecule has 0 aromatic carbocycles. The summed E-state index contributed by atoms with van der Waals surface area (Å²) >= 11 is 0. The molecule has 0 radical (unpaired) electrons. The molecule has 0 spiro atoms. The summed E-state index contributed by atoms with van der Waals surface area (Å²) < 4.78 is 0. The average Bonchev–Trinajstić information content (AvgIpc) is 2.44. The quantitative estimate of drug-likeness (QED) is 0.738. The Balaban J connectivity index is 2.91. The lowest BCUT2D eigenvalue weighted by molar-refractivity contribution is -0.155. The molecular weight excluding hydrogens is 232 g/mol. The number of allylic oxidation sites excluding steroid dienone is 2. The van der Waals surface area contributed by atoms with Gasteiger partial charge in [0.15, 0.2) is 0 Å². The van der Waals surface area contributed by atoms with Crippen molar-refractivity contribution in [3.8, 4) is 0 Å². The zero-order chi connectivity index (χ0) is 14.1. The third-order valence-electron chi connectivity index (χ3n) is 3.95. The minimum Gasteiger partial charge on any atom is -0.481 e. The van der Waals surface area contributed by atoms with Gasteiger partial charge in [0.1, 0.15) is 0 Å². The Morgan fingerprint density at radius 1 is 1.33 bits per heavy atom. The maximum absolute atomic E-state index is 11.3. The van der Waals surface area contributed by atoms with Gasteiger partial charge >= 0.3 is 11.9 Å². The Hall–Kier alpha value is -1.58. The van der Waals surface area contributed by atoms with Gasteiger partial charge in [-0.15, -0.1) is 0 Å². The molecule has 3 atom stereocenters. The number of carboxylic acid groups (broad SMARTS) is 2. The molecule has 0 bridgehead atoms. The lowest BCUT2D eigenvalue weighted by Gasteiger charge is -2.28. The van der Waals surface area contributed by atoms with E-state index in [1.807, 2.05) is 6.92 Å². The molecule has 100 valence electrons. The zero-order valence-corrected chi connectivity index (χ0v) is 10.9. The van der Waals surface area contributed by atoms with Crippen LogP contribution in [0.1, 0.15) is 33.1 Å². The van der Waals surface area contributed by atoms with Crippen LogP contribution in [0.4, 0.5) is 0 Å². The second-order valence-corrected chi connectivity index (χ2v) is 5.53. The van der Waals surface area contributed by atoms with Crippen LogP contribution in [0.2, 0.25) is 0 Å². The third-order valence-corrected chi connectivity index (χ3v) is 3.95. The molecule has 1 aliphatic rings. The highest BCUT2D eigenvalue weighted by Gasteiger charge is 2.42. The zero-order valence-electron chi connectivity index (χ0n) is 10.9. The molecular formula is C14H20O4. The second kappa shape index (κ2) is 4.96. The first-order valence-corrected chi connectivity index (χ1v) is 5.98. The molecule has 1 fully saturated rings. The van der Waals surface area contributed by atoms with Gasteiger partial charge in [0, 0.05) is 0 Å². The van der Waals surface area contributed by atoms with Crippen molar-refractivity contribution >= 4 is 11.9 Å². The van der Waals surface area contributed by atoms with Crippen molar-refractivity contribution in [3.05, 3.63) is 24.3 Å². The summed E-state index contributed by atoms with van der Waals surface area (Å²) in [5, 5.41) is 18.1. The van der Waals surface area contributed by atoms with Gasteiger partial charge in [-0.3, -0.25) is 9.59 Å². The van der Waals surface area contributed by atoms with Crippen molar-refractivity contribution in [3.63, 3.8) is 0 Å². The molecule has 0 heterocycles. The Labute approximate surface area is 107 Å². The largest absolute Gasteiger partial charge is 0.481 e. The highest BCUT2D eigenvalue weighted by atomic mass is 16.4. The van der Waals surface area contributed by atoms with E-state index in [-0.39, 0.29) is 18.3 Å². The fourth-order valence-corrected chi connectivity index (χ4v) is 2.60. The molecule has 2 N–H and O–H groups in total. The molecule has 4 nitrogen and oxygen atoms in total. The predicted octanol–water partition coefficient (Wildman–Crippen LogP) is 2.71. The molecule has 3 unspecified atom stereocenters. The first-order valence-electron chi connectivity index (χ1n) is 5.98. The van der Waals surface area contributed by atoms with E-state index in [0.29, 0.717) is 12.8 Å². The van der Waals surface area contributed by atoms with E-state index < -0.39 is 17.4 Å². The molecule has 0 aromatic heterocycles. The SMILES string of the molecule is C=C1CC(=C)C(CC(C)(CC(=O)O)C(=O)O)C1C. The van der Waals surface area contributed by atoms with E-state index in [1.165, 1.54) is 6.92 Å². The number of aliphatic carboxylic acids is 2. The predicted molar refractivity (Wildman–Crippen MR) is 68.2 cm³/mol. The van der Waals surface area contributed by atoms with Gasteiger partial charge in [-0.05, 0) is 31.6 Å². The molecule has 0 amide bonds. The number of carbonyl (C=O) groups is 2. The minimum absolute atomic E-state index is 0.0120. The monoisotopic (exact) mass is 252 g/mol. The summed E-state index contributed by atoms with van der Waals surface area (Å²) in [5.41, 5.74) is 0.761. The minimum atomic E-state index is -1.25. The van der Waals surface area contributed by atoms with E-state index in [9.17, 15) is 14.7 Å². The Bertz CT molecular complexity index is 410. The van der Waals surface area contributed by atoms with Gasteiger partial charge < -0.3 is 10.2 Å². The number of hydrogen-bond acceptors (Lipinski definition) is 2. The summed E-state index contributed by atoms with van der Waals surface area (Å²) in [6, 6.07) is 0. The Kier molecular flexibility index (Phi) is 3.99. The molecule has 18 heavy (non-hydrogen) atoms. The third kappa shape index (κ3) is 2.81. The van der Waals surface area contributed by atoms with Crippen LogP contribution in [0, 0.1) is 17.3 Å². The van der Waals surface area contributed by atoms with Gasteiger partial charge in [-0.25, -0.2) is 0 Å². The molecule has 0 aromatic rings. The van der Waals surface area contributed by atoms with Gasteiger partial charge in [-0.1, -0.05) is 31.2 Å². The van der Waals surface area contributed by atoms with Crippen molar-refractivity contribution in [1.82, 2.24) is 0 Å². The van der Waals surface area contributed by atoms with E-state index >= 15 is 0 Å². The van der Waals surface area contributed by atoms with Crippen LogP contribution < -0.4 is 0 Å². The Morgan fingerprint density at radius 2 is 1.89 bits per heavy atom. The van der Waals surface area contributed by atoms with Crippen LogP contribution in [-0.2, 0) is 9.59 Å². The van der Waals surface area contributed by atoms with Crippen LogP contribution in [0.3, 0.4) is 0 Å². The van der Waals surface area contributed by atoms with Crippen LogP contribution in [-0.4, -0.2) is 22.2 Å². The molecule has 1 aliphatic carbocycles. The Morgan fingerprint density at radius 3 is 2.22 bits per heavy atom. The van der Waals surface area contributed by atoms with Crippen LogP contribution in [0.25, 0.3) is 0 Å². The average molecular weight is 252 g/mol. The van der Waals surface area contributed by atoms with Gasteiger partial charge in [0.2, 0.25) is 0 Å². The lowest BCUT2D eigenvalue weighted by Crippen LogP contribution is -2.33. The maximum Gasteiger partial charge on any atom is 0.309 e. The molecule has 0 saturated heterocycles. The van der Waals surface area contributed by atoms with E-state index in [2.05, 4.69) is 13.2 Å². The van der Waals surface area contributed by atoms with Gasteiger partial charge in [0.05, 0.1) is 11.8 Å². The van der Waals surface area contributed by atoms with Crippen molar-refractivity contribution in [2.75, 3.05) is 0 Å². The number of carboxylic acids is 2. The fourth-order valence-electron chi connectivity index (χ4n) is 2.60. The first kappa shape index (κ1) is 14.5. The van der Waals surface area contributed by atoms with Crippen molar-refractivity contribution in [2.24, 2.45) is 17.3 Å². The normalized spacial score (nSPS) is 27.0. The highest BCUT2D eigenvalue weighted by Crippen LogP contribution is 2.45. The lowest BCUT2D eigenvalue weighted by atomic mass is 9.74. The van der Waals surface area contributed by atoms with Crippen LogP contribution >= 0.6 is 0 Å². The summed E-state index contributed by atoms with van der Waals surface area (Å²) in [5.74, 6) is -1.97. The van der Waals surface area contributed by atoms with E-state index in [0.717, 1.165) is 11.1 Å². The summed E-state index contributed by atoms with van der Waals surface area (Å²) in [6.07, 6.45) is 0.646. The van der Waals surface area contributed by atoms with Crippen LogP contribution in [0.15, 0.2) is 24.3 Å². The van der Waals surface area contributed by atoms with E-state index in [4.69, 9.17) is 5.11 Å².